The minimum atomic E-state index is 0.581. The molecule has 0 amide bonds. The highest BCUT2D eigenvalue weighted by atomic mass is 35.5. The Balaban J connectivity index is 1.35. The van der Waals surface area contributed by atoms with E-state index in [0.717, 1.165) is 94.2 Å². The average Bonchev–Trinajstić information content (AvgIpc) is 3.41. The third-order valence-corrected chi connectivity index (χ3v) is 8.66. The molecule has 0 spiro atoms. The first-order chi connectivity index (χ1) is 22.2. The van der Waals surface area contributed by atoms with E-state index < -0.39 is 0 Å². The van der Waals surface area contributed by atoms with Crippen LogP contribution in [-0.4, -0.2) is 66.0 Å². The molecule has 228 valence electrons. The SMILES string of the molecule is COc1cc2ncnc(-c3c(-c4ccccc4)n(Cc4ccc(Cl)cc4)c4ccccc34)c2cc1OCCCN1CCOCC1. The predicted octanol–water partition coefficient (Wildman–Crippen LogP) is 7.73. The number of nitrogens with zero attached hydrogens (tertiary/aromatic N) is 4. The topological polar surface area (TPSA) is 61.6 Å². The Bertz CT molecular complexity index is 1920. The third-order valence-electron chi connectivity index (χ3n) is 8.41. The van der Waals surface area contributed by atoms with Crippen molar-refractivity contribution in [3.8, 4) is 34.0 Å². The Kier molecular flexibility index (Phi) is 8.65. The van der Waals surface area contributed by atoms with Crippen molar-refractivity contribution in [2.75, 3.05) is 46.6 Å². The van der Waals surface area contributed by atoms with Gasteiger partial charge in [-0.2, -0.15) is 0 Å². The van der Waals surface area contributed by atoms with E-state index in [-0.39, 0.29) is 0 Å². The molecule has 1 fully saturated rings. The van der Waals surface area contributed by atoms with Gasteiger partial charge in [-0.05, 0) is 41.8 Å². The van der Waals surface area contributed by atoms with Gasteiger partial charge in [-0.1, -0.05) is 72.3 Å². The molecule has 45 heavy (non-hydrogen) atoms. The van der Waals surface area contributed by atoms with E-state index in [1.807, 2.05) is 30.3 Å². The van der Waals surface area contributed by atoms with E-state index in [1.165, 1.54) is 0 Å². The molecule has 8 heteroatoms. The van der Waals surface area contributed by atoms with Gasteiger partial charge >= 0.3 is 0 Å². The van der Waals surface area contributed by atoms with Crippen LogP contribution in [0.25, 0.3) is 44.3 Å². The van der Waals surface area contributed by atoms with Gasteiger partial charge in [0.05, 0.1) is 43.8 Å². The third kappa shape index (κ3) is 6.12. The van der Waals surface area contributed by atoms with Gasteiger partial charge in [0, 0.05) is 59.1 Å². The summed E-state index contributed by atoms with van der Waals surface area (Å²) in [5.41, 5.74) is 7.20. The molecule has 3 heterocycles. The number of halogens is 1. The van der Waals surface area contributed by atoms with Crippen molar-refractivity contribution in [3.05, 3.63) is 108 Å². The molecule has 7 nitrogen and oxygen atoms in total. The highest BCUT2D eigenvalue weighted by Gasteiger charge is 2.24. The second-order valence-electron chi connectivity index (χ2n) is 11.2. The minimum absolute atomic E-state index is 0.581. The number of hydrogen-bond donors (Lipinski definition) is 0. The Morgan fingerprint density at radius 1 is 0.844 bits per heavy atom. The van der Waals surface area contributed by atoms with Crippen LogP contribution in [0.15, 0.2) is 97.3 Å². The summed E-state index contributed by atoms with van der Waals surface area (Å²) in [6.07, 6.45) is 2.55. The van der Waals surface area contributed by atoms with Crippen molar-refractivity contribution >= 4 is 33.4 Å². The minimum Gasteiger partial charge on any atom is -0.493 e. The first-order valence-corrected chi connectivity index (χ1v) is 15.7. The maximum atomic E-state index is 6.36. The van der Waals surface area contributed by atoms with Crippen LogP contribution in [0, 0.1) is 0 Å². The zero-order chi connectivity index (χ0) is 30.6. The molecule has 0 unspecified atom stereocenters. The number of aromatic nitrogens is 3. The van der Waals surface area contributed by atoms with E-state index in [4.69, 9.17) is 30.8 Å². The van der Waals surface area contributed by atoms with Crippen LogP contribution in [0.3, 0.4) is 0 Å². The van der Waals surface area contributed by atoms with Crippen LogP contribution in [0.4, 0.5) is 0 Å². The molecule has 1 aliphatic heterocycles. The van der Waals surface area contributed by atoms with Gasteiger partial charge in [0.15, 0.2) is 11.5 Å². The molecule has 0 aliphatic carbocycles. The second kappa shape index (κ2) is 13.3. The number of methoxy groups -OCH3 is 1. The Hall–Kier alpha value is -4.43. The van der Waals surface area contributed by atoms with Gasteiger partial charge in [-0.3, -0.25) is 4.90 Å². The van der Waals surface area contributed by atoms with Crippen molar-refractivity contribution in [1.29, 1.82) is 0 Å². The van der Waals surface area contributed by atoms with Crippen molar-refractivity contribution in [2.45, 2.75) is 13.0 Å². The van der Waals surface area contributed by atoms with Gasteiger partial charge in [0.2, 0.25) is 0 Å². The van der Waals surface area contributed by atoms with Crippen molar-refractivity contribution in [1.82, 2.24) is 19.4 Å². The second-order valence-corrected chi connectivity index (χ2v) is 11.7. The zero-order valence-electron chi connectivity index (χ0n) is 25.3. The Morgan fingerprint density at radius 2 is 1.62 bits per heavy atom. The number of benzene rings is 4. The first kappa shape index (κ1) is 29.3. The van der Waals surface area contributed by atoms with Gasteiger partial charge in [0.1, 0.15) is 6.33 Å². The monoisotopic (exact) mass is 618 g/mol. The van der Waals surface area contributed by atoms with Gasteiger partial charge in [-0.15, -0.1) is 0 Å². The van der Waals surface area contributed by atoms with E-state index >= 15 is 0 Å². The van der Waals surface area contributed by atoms with E-state index in [9.17, 15) is 0 Å². The van der Waals surface area contributed by atoms with Crippen LogP contribution in [-0.2, 0) is 11.3 Å². The first-order valence-electron chi connectivity index (χ1n) is 15.4. The van der Waals surface area contributed by atoms with Crippen molar-refractivity contribution in [3.63, 3.8) is 0 Å². The number of rotatable bonds is 10. The summed E-state index contributed by atoms with van der Waals surface area (Å²) in [7, 11) is 1.67. The van der Waals surface area contributed by atoms with Crippen LogP contribution in [0.1, 0.15) is 12.0 Å². The van der Waals surface area contributed by atoms with Crippen molar-refractivity contribution in [2.24, 2.45) is 0 Å². The molecular formula is C37H35ClN4O3. The summed E-state index contributed by atoms with van der Waals surface area (Å²) in [4.78, 5) is 12.0. The summed E-state index contributed by atoms with van der Waals surface area (Å²) in [5, 5.41) is 2.75. The van der Waals surface area contributed by atoms with Crippen LogP contribution < -0.4 is 9.47 Å². The van der Waals surface area contributed by atoms with Gasteiger partial charge in [-0.25, -0.2) is 9.97 Å². The largest absolute Gasteiger partial charge is 0.493 e. The fourth-order valence-electron chi connectivity index (χ4n) is 6.21. The summed E-state index contributed by atoms with van der Waals surface area (Å²) in [6, 6.07) is 31.1. The quantitative estimate of drug-likeness (QED) is 0.146. The Morgan fingerprint density at radius 3 is 2.42 bits per heavy atom. The van der Waals surface area contributed by atoms with Crippen LogP contribution in [0.2, 0.25) is 5.02 Å². The van der Waals surface area contributed by atoms with E-state index in [2.05, 4.69) is 75.1 Å². The lowest BCUT2D eigenvalue weighted by molar-refractivity contribution is 0.0357. The molecule has 1 aliphatic rings. The zero-order valence-corrected chi connectivity index (χ0v) is 26.0. The predicted molar refractivity (Wildman–Crippen MR) is 180 cm³/mol. The molecule has 0 radical (unpaired) electrons. The molecule has 7 rings (SSSR count). The normalized spacial score (nSPS) is 13.8. The Labute approximate surface area is 268 Å². The highest BCUT2D eigenvalue weighted by Crippen LogP contribution is 2.44. The lowest BCUT2D eigenvalue weighted by Gasteiger charge is -2.26. The summed E-state index contributed by atoms with van der Waals surface area (Å²) in [5.74, 6) is 1.35. The summed E-state index contributed by atoms with van der Waals surface area (Å²) in [6.45, 7) is 5.76. The molecule has 1 saturated heterocycles. The molecular weight excluding hydrogens is 584 g/mol. The number of para-hydroxylation sites is 1. The van der Waals surface area contributed by atoms with Crippen LogP contribution in [0.5, 0.6) is 11.5 Å². The lowest BCUT2D eigenvalue weighted by Crippen LogP contribution is -2.37. The van der Waals surface area contributed by atoms with Gasteiger partial charge < -0.3 is 18.8 Å². The molecule has 4 aromatic carbocycles. The number of morpholine rings is 1. The summed E-state index contributed by atoms with van der Waals surface area (Å²) >= 11 is 6.24. The van der Waals surface area contributed by atoms with Crippen molar-refractivity contribution < 1.29 is 14.2 Å². The highest BCUT2D eigenvalue weighted by molar-refractivity contribution is 6.30. The molecule has 2 aromatic heterocycles. The molecule has 0 bridgehead atoms. The number of ether oxygens (including phenoxy) is 3. The fourth-order valence-corrected chi connectivity index (χ4v) is 6.33. The number of hydrogen-bond acceptors (Lipinski definition) is 6. The molecule has 0 N–H and O–H groups in total. The average molecular weight is 619 g/mol. The standard InChI is InChI=1S/C37H35ClN4O3/c1-43-33-23-31-30(22-34(33)45-19-7-16-41-17-20-44-21-18-41)36(40-25-39-31)35-29-10-5-6-11-32(29)42(24-26-12-14-28(38)15-13-26)37(35)27-8-3-2-4-9-27/h2-6,8-15,22-23,25H,7,16-21,24H2,1H3. The smallest absolute Gasteiger partial charge is 0.162 e. The maximum Gasteiger partial charge on any atom is 0.162 e. The van der Waals surface area contributed by atoms with E-state index in [0.29, 0.717) is 24.7 Å². The van der Waals surface area contributed by atoms with Crippen LogP contribution >= 0.6 is 11.6 Å². The number of fused-ring (bicyclic) bond motifs is 2. The fraction of sp³-hybridized carbons (Fsp3) is 0.243. The summed E-state index contributed by atoms with van der Waals surface area (Å²) < 4.78 is 20.0. The van der Waals surface area contributed by atoms with Gasteiger partial charge in [0.25, 0.3) is 0 Å². The molecule has 0 saturated carbocycles. The lowest BCUT2D eigenvalue weighted by atomic mass is 9.99. The molecule has 6 aromatic rings. The molecule has 0 atom stereocenters. The van der Waals surface area contributed by atoms with E-state index in [1.54, 1.807) is 13.4 Å². The maximum absolute atomic E-state index is 6.36.